The first-order valence-corrected chi connectivity index (χ1v) is 9.48. The van der Waals surface area contributed by atoms with E-state index in [9.17, 15) is 9.59 Å². The summed E-state index contributed by atoms with van der Waals surface area (Å²) in [5.74, 6) is -0.735. The quantitative estimate of drug-likeness (QED) is 0.761. The molecule has 7 heteroatoms. The summed E-state index contributed by atoms with van der Waals surface area (Å²) in [6, 6.07) is 8.92. The predicted octanol–water partition coefficient (Wildman–Crippen LogP) is 3.08. The highest BCUT2D eigenvalue weighted by Gasteiger charge is 2.45. The molecule has 1 aliphatic carbocycles. The van der Waals surface area contributed by atoms with Crippen LogP contribution in [0.25, 0.3) is 0 Å². The van der Waals surface area contributed by atoms with Crippen molar-refractivity contribution in [1.29, 1.82) is 5.26 Å². The Morgan fingerprint density at radius 1 is 1.34 bits per heavy atom. The van der Waals surface area contributed by atoms with Gasteiger partial charge in [0.15, 0.2) is 12.4 Å². The molecule has 0 bridgehead atoms. The second-order valence-electron chi connectivity index (χ2n) is 7.80. The van der Waals surface area contributed by atoms with Crippen LogP contribution < -0.4 is 10.5 Å². The smallest absolute Gasteiger partial charge is 0.340 e. The molecule has 152 valence electrons. The van der Waals surface area contributed by atoms with Crippen LogP contribution in [0.5, 0.6) is 5.75 Å². The SMILES string of the molecule is CCOC(=O)C1=C(N)OC2=C(C(=O)CC(C)(C)C2)[C@@H]1c1ccccc1OCC#N. The van der Waals surface area contributed by atoms with E-state index in [-0.39, 0.29) is 35.9 Å². The number of nitrogens with two attached hydrogens (primary N) is 1. The Kier molecular flexibility index (Phi) is 5.64. The first-order valence-electron chi connectivity index (χ1n) is 9.48. The van der Waals surface area contributed by atoms with E-state index in [1.807, 2.05) is 19.9 Å². The number of esters is 1. The van der Waals surface area contributed by atoms with Crippen molar-refractivity contribution in [2.75, 3.05) is 13.2 Å². The Labute approximate surface area is 169 Å². The number of nitriles is 1. The van der Waals surface area contributed by atoms with Crippen LogP contribution in [0.3, 0.4) is 0 Å². The van der Waals surface area contributed by atoms with Crippen LogP contribution in [0.1, 0.15) is 45.1 Å². The molecule has 1 aromatic rings. The van der Waals surface area contributed by atoms with Gasteiger partial charge in [0.2, 0.25) is 5.88 Å². The van der Waals surface area contributed by atoms with Gasteiger partial charge in [-0.25, -0.2) is 4.79 Å². The van der Waals surface area contributed by atoms with Crippen LogP contribution in [0.4, 0.5) is 0 Å². The van der Waals surface area contributed by atoms with Gasteiger partial charge in [-0.3, -0.25) is 4.79 Å². The molecule has 0 saturated heterocycles. The number of carbonyl (C=O) groups is 2. The molecular formula is C22H24N2O5. The molecule has 1 aromatic carbocycles. The van der Waals surface area contributed by atoms with Gasteiger partial charge in [0.1, 0.15) is 23.2 Å². The topological polar surface area (TPSA) is 112 Å². The molecule has 0 amide bonds. The highest BCUT2D eigenvalue weighted by atomic mass is 16.5. The van der Waals surface area contributed by atoms with Crippen molar-refractivity contribution in [1.82, 2.24) is 0 Å². The molecule has 1 atom stereocenters. The number of benzene rings is 1. The maximum absolute atomic E-state index is 13.1. The van der Waals surface area contributed by atoms with E-state index in [2.05, 4.69) is 0 Å². The molecule has 1 heterocycles. The second-order valence-corrected chi connectivity index (χ2v) is 7.80. The van der Waals surface area contributed by atoms with E-state index in [1.54, 1.807) is 31.2 Å². The number of para-hydroxylation sites is 1. The van der Waals surface area contributed by atoms with Gasteiger partial charge in [0.25, 0.3) is 0 Å². The second kappa shape index (κ2) is 8.00. The fourth-order valence-corrected chi connectivity index (χ4v) is 3.86. The summed E-state index contributed by atoms with van der Waals surface area (Å²) in [7, 11) is 0. The molecule has 0 unspecified atom stereocenters. The minimum absolute atomic E-state index is 0.0756. The average molecular weight is 396 g/mol. The van der Waals surface area contributed by atoms with Crippen molar-refractivity contribution < 1.29 is 23.8 Å². The summed E-state index contributed by atoms with van der Waals surface area (Å²) in [5, 5.41) is 8.91. The fraction of sp³-hybridized carbons (Fsp3) is 0.409. The van der Waals surface area contributed by atoms with Crippen LogP contribution in [0.2, 0.25) is 0 Å². The number of hydrogen-bond acceptors (Lipinski definition) is 7. The van der Waals surface area contributed by atoms with Gasteiger partial charge in [-0.15, -0.1) is 0 Å². The minimum Gasteiger partial charge on any atom is -0.478 e. The summed E-state index contributed by atoms with van der Waals surface area (Å²) in [6.07, 6.45) is 0.839. The largest absolute Gasteiger partial charge is 0.478 e. The van der Waals surface area contributed by atoms with E-state index < -0.39 is 11.9 Å². The number of carbonyl (C=O) groups excluding carboxylic acids is 2. The van der Waals surface area contributed by atoms with E-state index in [1.165, 1.54) is 0 Å². The lowest BCUT2D eigenvalue weighted by atomic mass is 9.70. The predicted molar refractivity (Wildman–Crippen MR) is 104 cm³/mol. The van der Waals surface area contributed by atoms with Gasteiger partial charge in [-0.05, 0) is 18.4 Å². The summed E-state index contributed by atoms with van der Waals surface area (Å²) in [4.78, 5) is 25.9. The molecule has 29 heavy (non-hydrogen) atoms. The normalized spacial score (nSPS) is 20.5. The van der Waals surface area contributed by atoms with Gasteiger partial charge in [-0.1, -0.05) is 32.0 Å². The third kappa shape index (κ3) is 3.97. The Bertz CT molecular complexity index is 952. The summed E-state index contributed by atoms with van der Waals surface area (Å²) in [6.45, 7) is 5.65. The van der Waals surface area contributed by atoms with Crippen LogP contribution in [0.15, 0.2) is 47.1 Å². The Morgan fingerprint density at radius 2 is 2.07 bits per heavy atom. The maximum atomic E-state index is 13.1. The van der Waals surface area contributed by atoms with Crippen molar-refractivity contribution in [2.45, 2.75) is 39.5 Å². The van der Waals surface area contributed by atoms with Crippen molar-refractivity contribution in [2.24, 2.45) is 11.1 Å². The molecule has 2 aliphatic rings. The Balaban J connectivity index is 2.20. The number of allylic oxidation sites excluding steroid dienone is 2. The maximum Gasteiger partial charge on any atom is 0.340 e. The third-order valence-corrected chi connectivity index (χ3v) is 4.97. The first kappa shape index (κ1) is 20.5. The van der Waals surface area contributed by atoms with Gasteiger partial charge in [0, 0.05) is 24.0 Å². The molecule has 2 N–H and O–H groups in total. The molecule has 0 radical (unpaired) electrons. The van der Waals surface area contributed by atoms with Crippen molar-refractivity contribution in [3.63, 3.8) is 0 Å². The molecule has 0 saturated carbocycles. The van der Waals surface area contributed by atoms with Crippen molar-refractivity contribution >= 4 is 11.8 Å². The molecule has 0 fully saturated rings. The molecule has 1 aliphatic heterocycles. The fourth-order valence-electron chi connectivity index (χ4n) is 3.86. The first-order chi connectivity index (χ1) is 13.8. The van der Waals surface area contributed by atoms with E-state index in [0.29, 0.717) is 35.5 Å². The third-order valence-electron chi connectivity index (χ3n) is 4.97. The average Bonchev–Trinajstić information content (AvgIpc) is 2.64. The zero-order valence-electron chi connectivity index (χ0n) is 16.8. The van der Waals surface area contributed by atoms with E-state index in [4.69, 9.17) is 25.2 Å². The number of Topliss-reactive ketones (excluding diaryl/α,β-unsaturated/α-hetero) is 1. The minimum atomic E-state index is -0.781. The number of nitrogens with zero attached hydrogens (tertiary/aromatic N) is 1. The Hall–Kier alpha value is -3.27. The van der Waals surface area contributed by atoms with Gasteiger partial charge >= 0.3 is 5.97 Å². The summed E-state index contributed by atoms with van der Waals surface area (Å²) >= 11 is 0. The van der Waals surface area contributed by atoms with Crippen molar-refractivity contribution in [3.05, 3.63) is 52.6 Å². The van der Waals surface area contributed by atoms with Gasteiger partial charge < -0.3 is 19.9 Å². The zero-order chi connectivity index (χ0) is 21.2. The number of ether oxygens (including phenoxy) is 3. The van der Waals surface area contributed by atoms with Gasteiger partial charge in [-0.2, -0.15) is 5.26 Å². The molecule has 7 nitrogen and oxygen atoms in total. The number of rotatable bonds is 5. The van der Waals surface area contributed by atoms with Gasteiger partial charge in [0.05, 0.1) is 12.5 Å². The zero-order valence-corrected chi connectivity index (χ0v) is 16.8. The molecule has 0 aromatic heterocycles. The van der Waals surface area contributed by atoms with Crippen LogP contribution in [-0.2, 0) is 19.1 Å². The standard InChI is InChI=1S/C22H24N2O5/c1-4-27-21(26)19-17(13-7-5-6-8-15(13)28-10-9-23)18-14(25)11-22(2,3)12-16(18)29-20(19)24/h5-8,17H,4,10-12,24H2,1-3H3/t17-/m0/s1. The molecule has 3 rings (SSSR count). The summed E-state index contributed by atoms with van der Waals surface area (Å²) < 4.78 is 16.5. The van der Waals surface area contributed by atoms with E-state index in [0.717, 1.165) is 0 Å². The lowest BCUT2D eigenvalue weighted by Gasteiger charge is -2.38. The van der Waals surface area contributed by atoms with Crippen LogP contribution >= 0.6 is 0 Å². The number of ketones is 1. The van der Waals surface area contributed by atoms with Crippen LogP contribution in [-0.4, -0.2) is 25.0 Å². The Morgan fingerprint density at radius 3 is 2.76 bits per heavy atom. The monoisotopic (exact) mass is 396 g/mol. The highest BCUT2D eigenvalue weighted by molar-refractivity contribution is 6.03. The highest BCUT2D eigenvalue weighted by Crippen LogP contribution is 2.49. The number of hydrogen-bond donors (Lipinski definition) is 1. The summed E-state index contributed by atoms with van der Waals surface area (Å²) in [5.41, 5.74) is 6.91. The van der Waals surface area contributed by atoms with Crippen molar-refractivity contribution in [3.8, 4) is 11.8 Å². The lowest BCUT2D eigenvalue weighted by Crippen LogP contribution is -2.35. The van der Waals surface area contributed by atoms with E-state index >= 15 is 0 Å². The van der Waals surface area contributed by atoms with Crippen LogP contribution in [0, 0.1) is 16.7 Å². The lowest BCUT2D eigenvalue weighted by molar-refractivity contribution is -0.139. The molecule has 0 spiro atoms. The molecular weight excluding hydrogens is 372 g/mol.